The third-order valence-corrected chi connectivity index (χ3v) is 4.47. The van der Waals surface area contributed by atoms with Crippen LogP contribution in [-0.4, -0.2) is 8.42 Å². The highest BCUT2D eigenvalue weighted by molar-refractivity contribution is 7.91. The Bertz CT molecular complexity index is 705. The third kappa shape index (κ3) is 2.77. The Morgan fingerprint density at radius 1 is 0.800 bits per heavy atom. The molecule has 0 fully saturated rings. The van der Waals surface area contributed by atoms with Crippen LogP contribution in [0.15, 0.2) is 58.3 Å². The van der Waals surface area contributed by atoms with Crippen LogP contribution in [0.5, 0.6) is 0 Å². The summed E-state index contributed by atoms with van der Waals surface area (Å²) in [5.74, 6) is 0. The average Bonchev–Trinajstić information content (AvgIpc) is 2.38. The van der Waals surface area contributed by atoms with E-state index in [1.807, 2.05) is 0 Å². The van der Waals surface area contributed by atoms with E-state index in [1.165, 1.54) is 24.3 Å². The van der Waals surface area contributed by atoms with Crippen LogP contribution in [0.4, 0.5) is 18.9 Å². The Kier molecular flexibility index (Phi) is 3.47. The molecule has 0 amide bonds. The summed E-state index contributed by atoms with van der Waals surface area (Å²) in [4.78, 5) is -0.221. The minimum absolute atomic E-state index is 0.0218. The Morgan fingerprint density at radius 3 is 1.60 bits per heavy atom. The van der Waals surface area contributed by atoms with E-state index in [0.717, 1.165) is 24.3 Å². The number of nitrogen functional groups attached to an aromatic ring is 1. The van der Waals surface area contributed by atoms with E-state index in [0.29, 0.717) is 5.69 Å². The van der Waals surface area contributed by atoms with Crippen molar-refractivity contribution in [1.29, 1.82) is 0 Å². The van der Waals surface area contributed by atoms with Gasteiger partial charge in [0.2, 0.25) is 9.84 Å². The van der Waals surface area contributed by atoms with Crippen LogP contribution in [0.3, 0.4) is 0 Å². The normalized spacial score (nSPS) is 12.3. The predicted octanol–water partition coefficient (Wildman–Crippen LogP) is 3.12. The highest BCUT2D eigenvalue weighted by atomic mass is 32.2. The van der Waals surface area contributed by atoms with Crippen molar-refractivity contribution >= 4 is 15.5 Å². The molecule has 3 nitrogen and oxygen atoms in total. The van der Waals surface area contributed by atoms with Gasteiger partial charge >= 0.3 is 6.18 Å². The smallest absolute Gasteiger partial charge is 0.399 e. The summed E-state index contributed by atoms with van der Waals surface area (Å²) in [6, 6.07) is 8.80. The minimum atomic E-state index is -4.50. The van der Waals surface area contributed by atoms with Crippen molar-refractivity contribution < 1.29 is 21.6 Å². The van der Waals surface area contributed by atoms with E-state index in [-0.39, 0.29) is 9.79 Å². The molecule has 106 valence electrons. The van der Waals surface area contributed by atoms with E-state index < -0.39 is 21.6 Å². The van der Waals surface area contributed by atoms with Crippen molar-refractivity contribution in [1.82, 2.24) is 0 Å². The van der Waals surface area contributed by atoms with Crippen molar-refractivity contribution in [3.05, 3.63) is 54.1 Å². The molecule has 2 N–H and O–H groups in total. The molecule has 0 unspecified atom stereocenters. The number of hydrogen-bond acceptors (Lipinski definition) is 3. The largest absolute Gasteiger partial charge is 0.416 e. The first-order valence-corrected chi connectivity index (χ1v) is 6.97. The first-order valence-electron chi connectivity index (χ1n) is 5.49. The fourth-order valence-corrected chi connectivity index (χ4v) is 2.87. The molecule has 0 heterocycles. The monoisotopic (exact) mass is 301 g/mol. The zero-order valence-corrected chi connectivity index (χ0v) is 10.9. The van der Waals surface area contributed by atoms with Gasteiger partial charge in [-0.25, -0.2) is 8.42 Å². The van der Waals surface area contributed by atoms with E-state index in [1.54, 1.807) is 0 Å². The highest BCUT2D eigenvalue weighted by Gasteiger charge is 2.30. The lowest BCUT2D eigenvalue weighted by molar-refractivity contribution is -0.137. The van der Waals surface area contributed by atoms with Gasteiger partial charge in [-0.05, 0) is 48.5 Å². The molecular weight excluding hydrogens is 291 g/mol. The standard InChI is InChI=1S/C13H10F3NO2S/c14-13(15,16)9-1-5-11(6-2-9)20(18,19)12-7-3-10(17)4-8-12/h1-8H,17H2. The number of hydrogen-bond donors (Lipinski definition) is 1. The van der Waals surface area contributed by atoms with Gasteiger partial charge in [0.25, 0.3) is 0 Å². The molecule has 2 aromatic carbocycles. The van der Waals surface area contributed by atoms with Gasteiger partial charge in [0.05, 0.1) is 15.4 Å². The van der Waals surface area contributed by atoms with Crippen molar-refractivity contribution in [2.24, 2.45) is 0 Å². The third-order valence-electron chi connectivity index (χ3n) is 2.68. The summed E-state index contributed by atoms with van der Waals surface area (Å²) in [6.07, 6.45) is -4.50. The molecule has 7 heteroatoms. The molecule has 20 heavy (non-hydrogen) atoms. The fraction of sp³-hybridized carbons (Fsp3) is 0.0769. The molecule has 0 bridgehead atoms. The first-order chi connectivity index (χ1) is 9.21. The Labute approximate surface area is 113 Å². The molecule has 0 aliphatic heterocycles. The number of nitrogens with two attached hydrogens (primary N) is 1. The van der Waals surface area contributed by atoms with Crippen LogP contribution in [0.2, 0.25) is 0 Å². The predicted molar refractivity (Wildman–Crippen MR) is 67.8 cm³/mol. The van der Waals surface area contributed by atoms with E-state index in [2.05, 4.69) is 0 Å². The molecular formula is C13H10F3NO2S. The lowest BCUT2D eigenvalue weighted by Crippen LogP contribution is -2.06. The number of halogens is 3. The maximum absolute atomic E-state index is 12.4. The van der Waals surface area contributed by atoms with Crippen molar-refractivity contribution in [2.75, 3.05) is 5.73 Å². The van der Waals surface area contributed by atoms with Crippen LogP contribution in [0, 0.1) is 0 Å². The molecule has 0 radical (unpaired) electrons. The lowest BCUT2D eigenvalue weighted by Gasteiger charge is -2.08. The second kappa shape index (κ2) is 4.82. The molecule has 0 aromatic heterocycles. The second-order valence-electron chi connectivity index (χ2n) is 4.09. The van der Waals surface area contributed by atoms with Gasteiger partial charge in [0, 0.05) is 5.69 Å². The molecule has 2 aromatic rings. The molecule has 2 rings (SSSR count). The first kappa shape index (κ1) is 14.4. The number of alkyl halides is 3. The maximum Gasteiger partial charge on any atom is 0.416 e. The van der Waals surface area contributed by atoms with Gasteiger partial charge in [-0.2, -0.15) is 13.2 Å². The van der Waals surface area contributed by atoms with Crippen LogP contribution in [-0.2, 0) is 16.0 Å². The maximum atomic E-state index is 12.4. The van der Waals surface area contributed by atoms with E-state index in [9.17, 15) is 21.6 Å². The van der Waals surface area contributed by atoms with Gasteiger partial charge in [-0.1, -0.05) is 0 Å². The number of sulfone groups is 1. The zero-order valence-electron chi connectivity index (χ0n) is 10.1. The number of benzene rings is 2. The van der Waals surface area contributed by atoms with Gasteiger partial charge in [0.1, 0.15) is 0 Å². The van der Waals surface area contributed by atoms with E-state index in [4.69, 9.17) is 5.73 Å². The summed E-state index contributed by atoms with van der Waals surface area (Å²) in [7, 11) is -3.84. The summed E-state index contributed by atoms with van der Waals surface area (Å²) < 4.78 is 61.6. The van der Waals surface area contributed by atoms with Gasteiger partial charge in [-0.15, -0.1) is 0 Å². The lowest BCUT2D eigenvalue weighted by atomic mass is 10.2. The summed E-state index contributed by atoms with van der Waals surface area (Å²) >= 11 is 0. The molecule has 0 saturated carbocycles. The Balaban J connectivity index is 2.42. The SMILES string of the molecule is Nc1ccc(S(=O)(=O)c2ccc(C(F)(F)F)cc2)cc1. The number of anilines is 1. The fourth-order valence-electron chi connectivity index (χ4n) is 1.61. The molecule has 0 atom stereocenters. The summed E-state index contributed by atoms with van der Waals surface area (Å²) in [6.45, 7) is 0. The average molecular weight is 301 g/mol. The Morgan fingerprint density at radius 2 is 1.20 bits per heavy atom. The summed E-state index contributed by atoms with van der Waals surface area (Å²) in [5.41, 5.74) is 4.96. The quantitative estimate of drug-likeness (QED) is 0.867. The summed E-state index contributed by atoms with van der Waals surface area (Å²) in [5, 5.41) is 0. The van der Waals surface area contributed by atoms with Crippen molar-refractivity contribution in [2.45, 2.75) is 16.0 Å². The molecule has 0 saturated heterocycles. The molecule has 0 aliphatic rings. The van der Waals surface area contributed by atoms with E-state index >= 15 is 0 Å². The van der Waals surface area contributed by atoms with Crippen molar-refractivity contribution in [3.8, 4) is 0 Å². The van der Waals surface area contributed by atoms with Gasteiger partial charge in [-0.3, -0.25) is 0 Å². The van der Waals surface area contributed by atoms with Crippen molar-refractivity contribution in [3.63, 3.8) is 0 Å². The zero-order chi connectivity index (χ0) is 15.0. The topological polar surface area (TPSA) is 60.2 Å². The molecule has 0 spiro atoms. The van der Waals surface area contributed by atoms with Crippen LogP contribution >= 0.6 is 0 Å². The van der Waals surface area contributed by atoms with Crippen LogP contribution in [0.25, 0.3) is 0 Å². The van der Waals surface area contributed by atoms with Gasteiger partial charge in [0.15, 0.2) is 0 Å². The molecule has 0 aliphatic carbocycles. The number of rotatable bonds is 2. The minimum Gasteiger partial charge on any atom is -0.399 e. The van der Waals surface area contributed by atoms with Crippen LogP contribution < -0.4 is 5.73 Å². The second-order valence-corrected chi connectivity index (χ2v) is 6.04. The highest BCUT2D eigenvalue weighted by Crippen LogP contribution is 2.30. The Hall–Kier alpha value is -2.02. The van der Waals surface area contributed by atoms with Gasteiger partial charge < -0.3 is 5.73 Å². The van der Waals surface area contributed by atoms with Crippen LogP contribution in [0.1, 0.15) is 5.56 Å².